The summed E-state index contributed by atoms with van der Waals surface area (Å²) in [6, 6.07) is 14.5. The molecule has 18 heavy (non-hydrogen) atoms. The highest BCUT2D eigenvalue weighted by molar-refractivity contribution is 5.93. The highest BCUT2D eigenvalue weighted by atomic mass is 15.6. The van der Waals surface area contributed by atoms with Crippen LogP contribution in [0, 0.1) is 0 Å². The van der Waals surface area contributed by atoms with Gasteiger partial charge < -0.3 is 5.32 Å². The monoisotopic (exact) mass is 239 g/mol. The summed E-state index contributed by atoms with van der Waals surface area (Å²) in [6.45, 7) is 0.571. The van der Waals surface area contributed by atoms with E-state index in [-0.39, 0.29) is 0 Å². The number of fused-ring (bicyclic) bond motifs is 1. The molecule has 5 nitrogen and oxygen atoms in total. The largest absolute Gasteiger partial charge is 0.377 e. The van der Waals surface area contributed by atoms with Gasteiger partial charge in [-0.25, -0.2) is 0 Å². The Labute approximate surface area is 104 Å². The minimum Gasteiger partial charge on any atom is -0.377 e. The number of anilines is 1. The molecule has 0 aliphatic heterocycles. The molecule has 0 saturated carbocycles. The van der Waals surface area contributed by atoms with Crippen LogP contribution in [0.3, 0.4) is 0 Å². The molecule has 0 aliphatic carbocycles. The quantitative estimate of drug-likeness (QED) is 0.759. The third-order valence-corrected chi connectivity index (χ3v) is 2.78. The smallest absolute Gasteiger partial charge is 0.193 e. The Balaban J connectivity index is 1.86. The molecule has 5 heteroatoms. The minimum atomic E-state index is 0.571. The summed E-state index contributed by atoms with van der Waals surface area (Å²) in [7, 11) is 1.76. The van der Waals surface area contributed by atoms with Crippen molar-refractivity contribution in [3.8, 4) is 0 Å². The van der Waals surface area contributed by atoms with E-state index < -0.39 is 0 Å². The molecule has 1 aromatic heterocycles. The Kier molecular flexibility index (Phi) is 2.64. The lowest BCUT2D eigenvalue weighted by Crippen LogP contribution is -2.02. The summed E-state index contributed by atoms with van der Waals surface area (Å²) in [5.41, 5.74) is 1.08. The molecule has 0 unspecified atom stereocenters. The van der Waals surface area contributed by atoms with Crippen molar-refractivity contribution < 1.29 is 0 Å². The topological polar surface area (TPSA) is 55.6 Å². The van der Waals surface area contributed by atoms with Crippen molar-refractivity contribution in [2.75, 3.05) is 5.32 Å². The second kappa shape index (κ2) is 4.44. The van der Waals surface area contributed by atoms with Crippen molar-refractivity contribution in [2.45, 2.75) is 6.54 Å². The Hall–Kier alpha value is -2.43. The number of hydrogen-bond donors (Lipinski definition) is 1. The summed E-state index contributed by atoms with van der Waals surface area (Å²) in [5.74, 6) is 0.686. The Bertz CT molecular complexity index is 668. The molecule has 3 aromatic rings. The summed E-state index contributed by atoms with van der Waals surface area (Å²) in [6.07, 6.45) is 0. The average molecular weight is 239 g/mol. The van der Waals surface area contributed by atoms with Crippen LogP contribution < -0.4 is 5.32 Å². The first-order valence-corrected chi connectivity index (χ1v) is 5.77. The third-order valence-electron chi connectivity index (χ3n) is 2.78. The van der Waals surface area contributed by atoms with Crippen molar-refractivity contribution in [3.05, 3.63) is 48.3 Å². The average Bonchev–Trinajstić information content (AvgIpc) is 2.82. The molecule has 0 atom stereocenters. The molecule has 1 heterocycles. The molecule has 0 bridgehead atoms. The van der Waals surface area contributed by atoms with Gasteiger partial charge in [-0.15, -0.1) is 10.2 Å². The standard InChI is InChI=1S/C13H13N5/c1-18-16-13(15-17-18)9-14-12-8-4-6-10-5-2-3-7-11(10)12/h2-8,14H,9H2,1H3. The van der Waals surface area contributed by atoms with Crippen molar-refractivity contribution in [1.29, 1.82) is 0 Å². The highest BCUT2D eigenvalue weighted by Crippen LogP contribution is 2.22. The van der Waals surface area contributed by atoms with E-state index >= 15 is 0 Å². The number of aryl methyl sites for hydroxylation is 1. The summed E-state index contributed by atoms with van der Waals surface area (Å²) >= 11 is 0. The molecular formula is C13H13N5. The van der Waals surface area contributed by atoms with E-state index in [2.05, 4.69) is 45.0 Å². The number of nitrogens with one attached hydrogen (secondary N) is 1. The fraction of sp³-hybridized carbons (Fsp3) is 0.154. The van der Waals surface area contributed by atoms with Crippen LogP contribution in [0.4, 0.5) is 5.69 Å². The van der Waals surface area contributed by atoms with E-state index in [0.717, 1.165) is 5.69 Å². The molecule has 0 saturated heterocycles. The molecule has 0 aliphatic rings. The van der Waals surface area contributed by atoms with Crippen molar-refractivity contribution in [1.82, 2.24) is 20.2 Å². The number of benzene rings is 2. The van der Waals surface area contributed by atoms with Gasteiger partial charge >= 0.3 is 0 Å². The molecule has 0 amide bonds. The predicted molar refractivity (Wildman–Crippen MR) is 70.1 cm³/mol. The molecule has 2 aromatic carbocycles. The number of aromatic nitrogens is 4. The van der Waals surface area contributed by atoms with Crippen molar-refractivity contribution in [2.24, 2.45) is 7.05 Å². The minimum absolute atomic E-state index is 0.571. The van der Waals surface area contributed by atoms with Gasteiger partial charge in [0.15, 0.2) is 5.82 Å². The Morgan fingerprint density at radius 1 is 1.11 bits per heavy atom. The van der Waals surface area contributed by atoms with E-state index in [1.54, 1.807) is 7.05 Å². The molecule has 3 rings (SSSR count). The zero-order valence-corrected chi connectivity index (χ0v) is 10.0. The van der Waals surface area contributed by atoms with Gasteiger partial charge in [0, 0.05) is 11.1 Å². The lowest BCUT2D eigenvalue weighted by molar-refractivity contribution is 0.628. The maximum atomic E-state index is 4.14. The van der Waals surface area contributed by atoms with Crippen LogP contribution in [0.25, 0.3) is 10.8 Å². The van der Waals surface area contributed by atoms with Crippen LogP contribution in [-0.2, 0) is 13.6 Å². The first-order chi connectivity index (χ1) is 8.83. The van der Waals surface area contributed by atoms with Gasteiger partial charge in [-0.2, -0.15) is 4.80 Å². The summed E-state index contributed by atoms with van der Waals surface area (Å²) in [5, 5.41) is 17.6. The van der Waals surface area contributed by atoms with Crippen LogP contribution in [0.15, 0.2) is 42.5 Å². The van der Waals surface area contributed by atoms with Crippen LogP contribution in [0.5, 0.6) is 0 Å². The Morgan fingerprint density at radius 3 is 2.78 bits per heavy atom. The fourth-order valence-electron chi connectivity index (χ4n) is 1.95. The zero-order valence-electron chi connectivity index (χ0n) is 10.0. The van der Waals surface area contributed by atoms with Gasteiger partial charge in [0.1, 0.15) is 0 Å². The first-order valence-electron chi connectivity index (χ1n) is 5.77. The lowest BCUT2D eigenvalue weighted by Gasteiger charge is -2.07. The maximum Gasteiger partial charge on any atom is 0.193 e. The van der Waals surface area contributed by atoms with Gasteiger partial charge in [0.25, 0.3) is 0 Å². The fourth-order valence-corrected chi connectivity index (χ4v) is 1.95. The molecule has 90 valence electrons. The maximum absolute atomic E-state index is 4.14. The van der Waals surface area contributed by atoms with E-state index in [4.69, 9.17) is 0 Å². The second-order valence-corrected chi connectivity index (χ2v) is 4.08. The van der Waals surface area contributed by atoms with Crippen molar-refractivity contribution in [3.63, 3.8) is 0 Å². The van der Waals surface area contributed by atoms with Gasteiger partial charge in [-0.3, -0.25) is 0 Å². The predicted octanol–water partition coefficient (Wildman–Crippen LogP) is 1.98. The molecular weight excluding hydrogens is 226 g/mol. The van der Waals surface area contributed by atoms with Crippen LogP contribution >= 0.6 is 0 Å². The van der Waals surface area contributed by atoms with E-state index in [1.165, 1.54) is 15.6 Å². The lowest BCUT2D eigenvalue weighted by atomic mass is 10.1. The number of hydrogen-bond acceptors (Lipinski definition) is 4. The van der Waals surface area contributed by atoms with E-state index in [0.29, 0.717) is 12.4 Å². The van der Waals surface area contributed by atoms with Gasteiger partial charge in [-0.05, 0) is 16.7 Å². The normalized spacial score (nSPS) is 10.7. The third kappa shape index (κ3) is 2.02. The molecule has 0 fully saturated rings. The highest BCUT2D eigenvalue weighted by Gasteiger charge is 2.02. The van der Waals surface area contributed by atoms with Crippen molar-refractivity contribution >= 4 is 16.5 Å². The summed E-state index contributed by atoms with van der Waals surface area (Å²) in [4.78, 5) is 1.46. The van der Waals surface area contributed by atoms with Gasteiger partial charge in [0.2, 0.25) is 0 Å². The van der Waals surface area contributed by atoms with E-state index in [9.17, 15) is 0 Å². The number of nitrogens with zero attached hydrogens (tertiary/aromatic N) is 4. The number of tetrazole rings is 1. The first kappa shape index (κ1) is 10.7. The molecule has 0 radical (unpaired) electrons. The SMILES string of the molecule is Cn1nnc(CNc2cccc3ccccc23)n1. The van der Waals surface area contributed by atoms with Crippen LogP contribution in [0.2, 0.25) is 0 Å². The van der Waals surface area contributed by atoms with Crippen LogP contribution in [0.1, 0.15) is 5.82 Å². The zero-order chi connectivity index (χ0) is 12.4. The number of rotatable bonds is 3. The van der Waals surface area contributed by atoms with E-state index in [1.807, 2.05) is 18.2 Å². The van der Waals surface area contributed by atoms with Gasteiger partial charge in [0.05, 0.1) is 13.6 Å². The van der Waals surface area contributed by atoms with Crippen LogP contribution in [-0.4, -0.2) is 20.2 Å². The van der Waals surface area contributed by atoms with Gasteiger partial charge in [-0.1, -0.05) is 36.4 Å². The Morgan fingerprint density at radius 2 is 1.94 bits per heavy atom. The molecule has 1 N–H and O–H groups in total. The summed E-state index contributed by atoms with van der Waals surface area (Å²) < 4.78 is 0. The molecule has 0 spiro atoms. The second-order valence-electron chi connectivity index (χ2n) is 4.08.